The summed E-state index contributed by atoms with van der Waals surface area (Å²) in [7, 11) is 0. The van der Waals surface area contributed by atoms with Gasteiger partial charge in [-0.15, -0.1) is 0 Å². The van der Waals surface area contributed by atoms with Gasteiger partial charge in [-0.1, -0.05) is 18.5 Å². The van der Waals surface area contributed by atoms with Crippen LogP contribution in [0, 0.1) is 5.41 Å². The molecule has 2 aliphatic rings. The molecule has 1 aromatic rings. The molecular formula is C13H18ClN3O. The predicted octanol–water partition coefficient (Wildman–Crippen LogP) is 2.26. The molecule has 1 aromatic heterocycles. The van der Waals surface area contributed by atoms with Gasteiger partial charge in [0, 0.05) is 17.5 Å². The maximum absolute atomic E-state index is 9.76. The number of hydrogen-bond acceptors (Lipinski definition) is 4. The van der Waals surface area contributed by atoms with Crippen molar-refractivity contribution in [1.29, 1.82) is 0 Å². The summed E-state index contributed by atoms with van der Waals surface area (Å²) in [6, 6.07) is 0.849. The second-order valence-electron chi connectivity index (χ2n) is 5.43. The van der Waals surface area contributed by atoms with Gasteiger partial charge in [0.1, 0.15) is 0 Å². The van der Waals surface area contributed by atoms with Crippen LogP contribution in [0.4, 0.5) is 5.95 Å². The third-order valence-electron chi connectivity index (χ3n) is 4.71. The van der Waals surface area contributed by atoms with Crippen LogP contribution >= 0.6 is 11.6 Å². The van der Waals surface area contributed by atoms with Crippen LogP contribution in [-0.4, -0.2) is 33.8 Å². The third kappa shape index (κ3) is 1.62. The van der Waals surface area contributed by atoms with Gasteiger partial charge in [0.25, 0.3) is 0 Å². The summed E-state index contributed by atoms with van der Waals surface area (Å²) in [4.78, 5) is 11.0. The fourth-order valence-electron chi connectivity index (χ4n) is 3.69. The van der Waals surface area contributed by atoms with Crippen LogP contribution in [0.3, 0.4) is 0 Å². The minimum Gasteiger partial charge on any atom is -0.396 e. The molecule has 4 nitrogen and oxygen atoms in total. The molecule has 3 rings (SSSR count). The summed E-state index contributed by atoms with van der Waals surface area (Å²) >= 11 is 5.83. The monoisotopic (exact) mass is 267 g/mol. The summed E-state index contributed by atoms with van der Waals surface area (Å²) in [5, 5.41) is 10.3. The Morgan fingerprint density at radius 2 is 2.17 bits per heavy atom. The van der Waals surface area contributed by atoms with Gasteiger partial charge < -0.3 is 10.0 Å². The highest BCUT2D eigenvalue weighted by Crippen LogP contribution is 2.52. The first-order valence-corrected chi connectivity index (χ1v) is 6.95. The summed E-state index contributed by atoms with van der Waals surface area (Å²) in [5.74, 6) is 0.760. The number of anilines is 1. The number of aliphatic hydroxyl groups is 1. The third-order valence-corrected chi connectivity index (χ3v) is 4.90. The Hall–Kier alpha value is -0.870. The second-order valence-corrected chi connectivity index (χ2v) is 5.87. The molecule has 2 fully saturated rings. The average Bonchev–Trinajstić information content (AvgIpc) is 2.95. The molecule has 1 N–H and O–H groups in total. The van der Waals surface area contributed by atoms with Crippen LogP contribution < -0.4 is 4.90 Å². The lowest BCUT2D eigenvalue weighted by Crippen LogP contribution is -2.40. The molecule has 18 heavy (non-hydrogen) atoms. The predicted molar refractivity (Wildman–Crippen MR) is 70.8 cm³/mol. The number of fused-ring (bicyclic) bond motifs is 2. The molecule has 2 bridgehead atoms. The van der Waals surface area contributed by atoms with Gasteiger partial charge in [-0.05, 0) is 25.7 Å². The molecule has 3 heterocycles. The van der Waals surface area contributed by atoms with Crippen LogP contribution in [0.5, 0.6) is 0 Å². The van der Waals surface area contributed by atoms with Gasteiger partial charge in [-0.25, -0.2) is 9.97 Å². The molecule has 0 unspecified atom stereocenters. The van der Waals surface area contributed by atoms with Gasteiger partial charge >= 0.3 is 0 Å². The lowest BCUT2D eigenvalue weighted by molar-refractivity contribution is 0.0943. The van der Waals surface area contributed by atoms with E-state index in [-0.39, 0.29) is 12.0 Å². The van der Waals surface area contributed by atoms with E-state index >= 15 is 0 Å². The fraction of sp³-hybridized carbons (Fsp3) is 0.692. The van der Waals surface area contributed by atoms with E-state index in [1.165, 1.54) is 6.42 Å². The van der Waals surface area contributed by atoms with E-state index in [9.17, 15) is 5.11 Å². The molecule has 5 heteroatoms. The maximum Gasteiger partial charge on any atom is 0.225 e. The van der Waals surface area contributed by atoms with Gasteiger partial charge in [0.05, 0.1) is 24.0 Å². The number of hydrogen-bond donors (Lipinski definition) is 1. The lowest BCUT2D eigenvalue weighted by atomic mass is 9.72. The number of rotatable bonds is 3. The average molecular weight is 268 g/mol. The summed E-state index contributed by atoms with van der Waals surface area (Å²) < 4.78 is 0. The number of aliphatic hydroxyl groups excluding tert-OH is 1. The molecule has 3 atom stereocenters. The fourth-order valence-corrected chi connectivity index (χ4v) is 3.79. The summed E-state index contributed by atoms with van der Waals surface area (Å²) in [6.45, 7) is 2.42. The molecule has 98 valence electrons. The molecule has 0 aliphatic carbocycles. The Balaban J connectivity index is 1.93. The quantitative estimate of drug-likeness (QED) is 0.913. The molecule has 0 spiro atoms. The van der Waals surface area contributed by atoms with E-state index in [4.69, 9.17) is 11.6 Å². The van der Waals surface area contributed by atoms with Gasteiger partial charge in [0.2, 0.25) is 5.95 Å². The maximum atomic E-state index is 9.76. The molecule has 2 aliphatic heterocycles. The van der Waals surface area contributed by atoms with E-state index < -0.39 is 0 Å². The zero-order valence-corrected chi connectivity index (χ0v) is 11.3. The minimum atomic E-state index is 0.0336. The van der Waals surface area contributed by atoms with Crippen LogP contribution in [-0.2, 0) is 0 Å². The Kier molecular flexibility index (Phi) is 2.94. The highest BCUT2D eigenvalue weighted by molar-refractivity contribution is 6.30. The van der Waals surface area contributed by atoms with Crippen LogP contribution in [0.25, 0.3) is 0 Å². The van der Waals surface area contributed by atoms with Crippen molar-refractivity contribution in [2.45, 2.75) is 44.7 Å². The summed E-state index contributed by atoms with van der Waals surface area (Å²) in [5.41, 5.74) is 0.0336. The van der Waals surface area contributed by atoms with E-state index in [1.807, 2.05) is 0 Å². The first-order chi connectivity index (χ1) is 8.70. The first-order valence-electron chi connectivity index (χ1n) is 6.57. The largest absolute Gasteiger partial charge is 0.396 e. The highest BCUT2D eigenvalue weighted by atomic mass is 35.5. The van der Waals surface area contributed by atoms with E-state index in [0.717, 1.165) is 25.2 Å². The van der Waals surface area contributed by atoms with Crippen molar-refractivity contribution >= 4 is 17.5 Å². The zero-order valence-electron chi connectivity index (χ0n) is 10.5. The van der Waals surface area contributed by atoms with Crippen molar-refractivity contribution in [1.82, 2.24) is 9.97 Å². The number of aromatic nitrogens is 2. The van der Waals surface area contributed by atoms with Gasteiger partial charge in [-0.3, -0.25) is 0 Å². The van der Waals surface area contributed by atoms with Crippen molar-refractivity contribution in [2.75, 3.05) is 11.5 Å². The van der Waals surface area contributed by atoms with E-state index in [2.05, 4.69) is 21.8 Å². The molecule has 0 radical (unpaired) electrons. The Labute approximate surface area is 112 Å². The molecule has 2 saturated heterocycles. The Morgan fingerprint density at radius 1 is 1.44 bits per heavy atom. The Bertz CT molecular complexity index is 432. The van der Waals surface area contributed by atoms with Crippen molar-refractivity contribution in [2.24, 2.45) is 5.41 Å². The molecular weight excluding hydrogens is 250 g/mol. The normalized spacial score (nSPS) is 34.3. The molecule has 0 aromatic carbocycles. The van der Waals surface area contributed by atoms with Crippen LogP contribution in [0.1, 0.15) is 32.6 Å². The SMILES string of the molecule is CC[C@]1(CO)C[C@H]2CC[C@@H]1N2c1ncc(Cl)cn1. The topological polar surface area (TPSA) is 49.2 Å². The van der Waals surface area contributed by atoms with Crippen molar-refractivity contribution in [3.8, 4) is 0 Å². The van der Waals surface area contributed by atoms with Gasteiger partial charge in [-0.2, -0.15) is 0 Å². The number of nitrogens with zero attached hydrogens (tertiary/aromatic N) is 3. The summed E-state index contributed by atoms with van der Waals surface area (Å²) in [6.07, 6.45) is 7.66. The minimum absolute atomic E-state index is 0.0336. The highest BCUT2D eigenvalue weighted by Gasteiger charge is 2.55. The Morgan fingerprint density at radius 3 is 2.72 bits per heavy atom. The molecule has 0 amide bonds. The standard InChI is InChI=1S/C13H18ClN3O/c1-2-13(8-18)5-10-3-4-11(13)17(10)12-15-6-9(14)7-16-12/h6-7,10-11,18H,2-5,8H2,1H3/t10-,11+,13-/m1/s1. The zero-order chi connectivity index (χ0) is 12.8. The van der Waals surface area contributed by atoms with Crippen molar-refractivity contribution in [3.63, 3.8) is 0 Å². The lowest BCUT2D eigenvalue weighted by Gasteiger charge is -2.34. The first kappa shape index (κ1) is 12.2. The number of halogens is 1. The molecule has 0 saturated carbocycles. The van der Waals surface area contributed by atoms with E-state index in [1.54, 1.807) is 12.4 Å². The van der Waals surface area contributed by atoms with Crippen LogP contribution in [0.15, 0.2) is 12.4 Å². The van der Waals surface area contributed by atoms with Crippen molar-refractivity contribution < 1.29 is 5.11 Å². The van der Waals surface area contributed by atoms with Gasteiger partial charge in [0.15, 0.2) is 0 Å². The van der Waals surface area contributed by atoms with E-state index in [0.29, 0.717) is 17.1 Å². The van der Waals surface area contributed by atoms with Crippen LogP contribution in [0.2, 0.25) is 5.02 Å². The smallest absolute Gasteiger partial charge is 0.225 e. The van der Waals surface area contributed by atoms with Crippen molar-refractivity contribution in [3.05, 3.63) is 17.4 Å². The second kappa shape index (κ2) is 4.35.